The van der Waals surface area contributed by atoms with Gasteiger partial charge in [0.2, 0.25) is 11.8 Å². The zero-order chi connectivity index (χ0) is 22.4. The van der Waals surface area contributed by atoms with E-state index < -0.39 is 16.9 Å². The van der Waals surface area contributed by atoms with Crippen LogP contribution >= 0.6 is 11.8 Å². The molecule has 1 unspecified atom stereocenters. The van der Waals surface area contributed by atoms with Gasteiger partial charge in [0.25, 0.3) is 11.6 Å². The molecule has 3 amide bonds. The number of nitrogens with zero attached hydrogens (tertiary/aromatic N) is 3. The maximum atomic E-state index is 13.1. The second-order valence-corrected chi connectivity index (χ2v) is 8.88. The van der Waals surface area contributed by atoms with Crippen molar-refractivity contribution in [1.82, 2.24) is 15.1 Å². The van der Waals surface area contributed by atoms with Gasteiger partial charge in [0.05, 0.1) is 4.92 Å². The lowest BCUT2D eigenvalue weighted by atomic mass is 9.84. The summed E-state index contributed by atoms with van der Waals surface area (Å²) in [5.41, 5.74) is -0.0287. The number of carbonyl (C=O) groups is 3. The van der Waals surface area contributed by atoms with Gasteiger partial charge in [0, 0.05) is 49.8 Å². The Morgan fingerprint density at radius 3 is 2.45 bits per heavy atom. The summed E-state index contributed by atoms with van der Waals surface area (Å²) in [6.07, 6.45) is 5.41. The molecule has 168 valence electrons. The highest BCUT2D eigenvalue weighted by atomic mass is 32.2. The van der Waals surface area contributed by atoms with Gasteiger partial charge < -0.3 is 15.1 Å². The Kier molecular flexibility index (Phi) is 7.89. The van der Waals surface area contributed by atoms with Crippen LogP contribution in [0, 0.1) is 16.0 Å². The van der Waals surface area contributed by atoms with E-state index in [0.29, 0.717) is 38.4 Å². The fourth-order valence-electron chi connectivity index (χ4n) is 3.78. The van der Waals surface area contributed by atoms with Crippen LogP contribution < -0.4 is 5.32 Å². The van der Waals surface area contributed by atoms with Crippen LogP contribution in [0.25, 0.3) is 0 Å². The summed E-state index contributed by atoms with van der Waals surface area (Å²) in [5, 5.41) is 13.7. The molecule has 0 aromatic heterocycles. The minimum Gasteiger partial charge on any atom is -0.340 e. The summed E-state index contributed by atoms with van der Waals surface area (Å²) in [5.74, 6) is 0.332. The lowest BCUT2D eigenvalue weighted by Crippen LogP contribution is -2.56. The zero-order valence-corrected chi connectivity index (χ0v) is 18.4. The third kappa shape index (κ3) is 5.75. The highest BCUT2D eigenvalue weighted by Gasteiger charge is 2.34. The van der Waals surface area contributed by atoms with Gasteiger partial charge in [-0.25, -0.2) is 0 Å². The first-order chi connectivity index (χ1) is 14.9. The molecule has 10 heteroatoms. The van der Waals surface area contributed by atoms with Crippen molar-refractivity contribution in [2.75, 3.05) is 38.2 Å². The van der Waals surface area contributed by atoms with Gasteiger partial charge in [-0.1, -0.05) is 12.5 Å². The van der Waals surface area contributed by atoms with E-state index in [1.165, 1.54) is 24.3 Å². The molecule has 2 fully saturated rings. The maximum Gasteiger partial charge on any atom is 0.270 e. The number of thioether (sulfide) groups is 1. The fourth-order valence-corrected chi connectivity index (χ4v) is 4.25. The molecule has 1 aliphatic heterocycles. The Morgan fingerprint density at radius 1 is 1.19 bits per heavy atom. The molecule has 31 heavy (non-hydrogen) atoms. The molecule has 2 aliphatic rings. The molecule has 3 rings (SSSR count). The smallest absolute Gasteiger partial charge is 0.270 e. The molecule has 1 saturated carbocycles. The van der Waals surface area contributed by atoms with E-state index in [1.807, 2.05) is 11.2 Å². The average Bonchev–Trinajstić information content (AvgIpc) is 2.75. The Morgan fingerprint density at radius 2 is 1.87 bits per heavy atom. The summed E-state index contributed by atoms with van der Waals surface area (Å²) < 4.78 is 0. The van der Waals surface area contributed by atoms with E-state index in [4.69, 9.17) is 0 Å². The van der Waals surface area contributed by atoms with E-state index in [-0.39, 0.29) is 29.0 Å². The van der Waals surface area contributed by atoms with Crippen LogP contribution in [-0.4, -0.2) is 76.7 Å². The first kappa shape index (κ1) is 23.1. The fraction of sp³-hybridized carbons (Fsp3) is 0.571. The molecule has 1 saturated heterocycles. The van der Waals surface area contributed by atoms with E-state index in [2.05, 4.69) is 5.32 Å². The lowest BCUT2D eigenvalue weighted by Gasteiger charge is -2.39. The van der Waals surface area contributed by atoms with Crippen molar-refractivity contribution < 1.29 is 19.3 Å². The molecule has 1 heterocycles. The van der Waals surface area contributed by atoms with E-state index in [1.54, 1.807) is 16.7 Å². The van der Waals surface area contributed by atoms with Crippen LogP contribution in [0.2, 0.25) is 0 Å². The number of hydrogen-bond donors (Lipinski definition) is 1. The summed E-state index contributed by atoms with van der Waals surface area (Å²) in [6.45, 7) is 1.91. The molecule has 1 N–H and O–H groups in total. The number of amides is 3. The summed E-state index contributed by atoms with van der Waals surface area (Å²) in [4.78, 5) is 52.2. The van der Waals surface area contributed by atoms with Crippen molar-refractivity contribution >= 4 is 35.2 Å². The predicted octanol–water partition coefficient (Wildman–Crippen LogP) is 1.92. The van der Waals surface area contributed by atoms with Crippen LogP contribution in [0.4, 0.5) is 5.69 Å². The highest BCUT2D eigenvalue weighted by Crippen LogP contribution is 2.28. The molecule has 0 radical (unpaired) electrons. The van der Waals surface area contributed by atoms with Crippen LogP contribution in [0.3, 0.4) is 0 Å². The Bertz CT molecular complexity index is 837. The molecule has 1 atom stereocenters. The van der Waals surface area contributed by atoms with Crippen molar-refractivity contribution in [3.63, 3.8) is 0 Å². The van der Waals surface area contributed by atoms with Gasteiger partial charge in [-0.05, 0) is 37.3 Å². The molecule has 1 aromatic carbocycles. The number of hydrogen-bond acceptors (Lipinski definition) is 6. The summed E-state index contributed by atoms with van der Waals surface area (Å²) in [7, 11) is 0. The van der Waals surface area contributed by atoms with E-state index >= 15 is 0 Å². The summed E-state index contributed by atoms with van der Waals surface area (Å²) >= 11 is 1.58. The second-order valence-electron chi connectivity index (χ2n) is 7.89. The minimum absolute atomic E-state index is 0.144. The third-order valence-corrected chi connectivity index (χ3v) is 6.53. The van der Waals surface area contributed by atoms with Crippen LogP contribution in [0.5, 0.6) is 0 Å². The van der Waals surface area contributed by atoms with Crippen molar-refractivity contribution in [3.8, 4) is 0 Å². The number of nitrogens with one attached hydrogen (secondary N) is 1. The van der Waals surface area contributed by atoms with Crippen LogP contribution in [0.15, 0.2) is 24.3 Å². The number of carbonyl (C=O) groups excluding carboxylic acids is 3. The number of piperazine rings is 1. The van der Waals surface area contributed by atoms with E-state index in [9.17, 15) is 24.5 Å². The SMILES string of the molecule is CSCCC(NC(=O)c1cccc([N+](=O)[O-])c1)C(=O)N1CCN(C(=O)C2CCC2)CC1. The number of non-ortho nitro benzene ring substituents is 1. The monoisotopic (exact) mass is 448 g/mol. The predicted molar refractivity (Wildman–Crippen MR) is 118 cm³/mol. The number of rotatable bonds is 8. The largest absolute Gasteiger partial charge is 0.340 e. The third-order valence-electron chi connectivity index (χ3n) is 5.89. The quantitative estimate of drug-likeness (QED) is 0.480. The standard InChI is InChI=1S/C21H28N4O5S/c1-31-13-8-18(22-19(26)16-6-3-7-17(14-16)25(29)30)21(28)24-11-9-23(10-12-24)20(27)15-4-2-5-15/h3,6-7,14-15,18H,2,4-5,8-13H2,1H3,(H,22,26). The minimum atomic E-state index is -0.715. The van der Waals surface area contributed by atoms with Gasteiger partial charge in [-0.15, -0.1) is 0 Å². The van der Waals surface area contributed by atoms with Crippen LogP contribution in [-0.2, 0) is 9.59 Å². The lowest BCUT2D eigenvalue weighted by molar-refractivity contribution is -0.384. The Balaban J connectivity index is 1.61. The average molecular weight is 449 g/mol. The zero-order valence-electron chi connectivity index (χ0n) is 17.6. The second kappa shape index (κ2) is 10.6. The number of nitro groups is 1. The van der Waals surface area contributed by atoms with Crippen molar-refractivity contribution in [2.45, 2.75) is 31.7 Å². The van der Waals surface area contributed by atoms with E-state index in [0.717, 1.165) is 19.3 Å². The van der Waals surface area contributed by atoms with Gasteiger partial charge in [0.15, 0.2) is 0 Å². The number of benzene rings is 1. The van der Waals surface area contributed by atoms with Crippen molar-refractivity contribution in [2.24, 2.45) is 5.92 Å². The topological polar surface area (TPSA) is 113 Å². The normalized spacial score (nSPS) is 17.6. The van der Waals surface area contributed by atoms with Crippen molar-refractivity contribution in [1.29, 1.82) is 0 Å². The van der Waals surface area contributed by atoms with Gasteiger partial charge in [0.1, 0.15) is 6.04 Å². The van der Waals surface area contributed by atoms with Gasteiger partial charge in [-0.3, -0.25) is 24.5 Å². The maximum absolute atomic E-state index is 13.1. The molecule has 0 bridgehead atoms. The molecule has 1 aliphatic carbocycles. The molecule has 9 nitrogen and oxygen atoms in total. The summed E-state index contributed by atoms with van der Waals surface area (Å²) in [6, 6.07) is 4.74. The van der Waals surface area contributed by atoms with Gasteiger partial charge >= 0.3 is 0 Å². The first-order valence-electron chi connectivity index (χ1n) is 10.5. The van der Waals surface area contributed by atoms with Gasteiger partial charge in [-0.2, -0.15) is 11.8 Å². The number of nitro benzene ring substituents is 1. The first-order valence-corrected chi connectivity index (χ1v) is 11.9. The van der Waals surface area contributed by atoms with Crippen molar-refractivity contribution in [3.05, 3.63) is 39.9 Å². The Labute approximate surface area is 185 Å². The van der Waals surface area contributed by atoms with Crippen LogP contribution in [0.1, 0.15) is 36.0 Å². The highest BCUT2D eigenvalue weighted by molar-refractivity contribution is 7.98. The molecular formula is C21H28N4O5S. The molecule has 0 spiro atoms. The molecule has 1 aromatic rings. The Hall–Kier alpha value is -2.62. The molecular weight excluding hydrogens is 420 g/mol.